The van der Waals surface area contributed by atoms with Crippen LogP contribution in [0.1, 0.15) is 43.0 Å². The molecule has 3 aromatic carbocycles. The Balaban J connectivity index is 1.72. The standard InChI is InChI=1S/C28H30N2O4/c1-20-14-16-22(17-15-20)19-33-28(29-26(32)34-27(2,3)4)23-12-8-9-13-24(23)30(25(28)31)18-21-10-6-5-7-11-21/h5-17H,18-19H2,1-4H3,(H,29,32)/t28-/m1/s1. The molecule has 6 nitrogen and oxygen atoms in total. The zero-order chi connectivity index (χ0) is 24.3. The van der Waals surface area contributed by atoms with E-state index in [1.807, 2.05) is 85.8 Å². The first-order valence-electron chi connectivity index (χ1n) is 11.3. The zero-order valence-electron chi connectivity index (χ0n) is 20.0. The Labute approximate surface area is 200 Å². The topological polar surface area (TPSA) is 67.9 Å². The number of carbonyl (C=O) groups excluding carboxylic acids is 2. The number of rotatable bonds is 6. The molecular formula is C28H30N2O4. The van der Waals surface area contributed by atoms with Crippen molar-refractivity contribution in [3.05, 3.63) is 101 Å². The molecule has 0 bridgehead atoms. The third-order valence-electron chi connectivity index (χ3n) is 5.56. The fraction of sp³-hybridized carbons (Fsp3) is 0.286. The van der Waals surface area contributed by atoms with E-state index in [9.17, 15) is 9.59 Å². The van der Waals surface area contributed by atoms with Crippen molar-refractivity contribution in [3.63, 3.8) is 0 Å². The fourth-order valence-electron chi connectivity index (χ4n) is 3.96. The number of carbonyl (C=O) groups is 2. The van der Waals surface area contributed by atoms with Gasteiger partial charge < -0.3 is 14.4 Å². The average Bonchev–Trinajstić information content (AvgIpc) is 3.01. The SMILES string of the molecule is Cc1ccc(CO[C@@]2(NC(=O)OC(C)(C)C)C(=O)N(Cc3ccccc3)c3ccccc32)cc1. The Morgan fingerprint density at radius 1 is 0.912 bits per heavy atom. The smallest absolute Gasteiger partial charge is 0.410 e. The van der Waals surface area contributed by atoms with E-state index in [4.69, 9.17) is 9.47 Å². The number of alkyl carbamates (subject to hydrolysis) is 1. The van der Waals surface area contributed by atoms with Gasteiger partial charge in [-0.15, -0.1) is 0 Å². The molecular weight excluding hydrogens is 428 g/mol. The van der Waals surface area contributed by atoms with Gasteiger partial charge in [0, 0.05) is 5.56 Å². The van der Waals surface area contributed by atoms with Gasteiger partial charge in [0.15, 0.2) is 0 Å². The van der Waals surface area contributed by atoms with Gasteiger partial charge in [0.25, 0.3) is 11.6 Å². The van der Waals surface area contributed by atoms with Crippen LogP contribution in [-0.2, 0) is 33.1 Å². The first-order chi connectivity index (χ1) is 16.2. The quantitative estimate of drug-likeness (QED) is 0.500. The lowest BCUT2D eigenvalue weighted by Crippen LogP contribution is -2.55. The first-order valence-corrected chi connectivity index (χ1v) is 11.3. The summed E-state index contributed by atoms with van der Waals surface area (Å²) in [6.45, 7) is 7.82. The number of benzene rings is 3. The lowest BCUT2D eigenvalue weighted by Gasteiger charge is -2.31. The van der Waals surface area contributed by atoms with Crippen molar-refractivity contribution in [2.45, 2.75) is 52.2 Å². The summed E-state index contributed by atoms with van der Waals surface area (Å²) in [4.78, 5) is 28.6. The van der Waals surface area contributed by atoms with Gasteiger partial charge in [-0.1, -0.05) is 78.4 Å². The van der Waals surface area contributed by atoms with Gasteiger partial charge >= 0.3 is 6.09 Å². The summed E-state index contributed by atoms with van der Waals surface area (Å²) >= 11 is 0. The van der Waals surface area contributed by atoms with Crippen molar-refractivity contribution in [2.75, 3.05) is 4.90 Å². The number of nitrogens with zero attached hydrogens (tertiary/aromatic N) is 1. The van der Waals surface area contributed by atoms with E-state index >= 15 is 0 Å². The van der Waals surface area contributed by atoms with Crippen LogP contribution in [0.5, 0.6) is 0 Å². The first kappa shape index (κ1) is 23.5. The molecule has 0 saturated heterocycles. The maximum atomic E-state index is 14.0. The van der Waals surface area contributed by atoms with E-state index in [1.165, 1.54) is 0 Å². The number of aryl methyl sites for hydroxylation is 1. The molecule has 0 aliphatic carbocycles. The number of nitrogens with one attached hydrogen (secondary N) is 1. The molecule has 1 heterocycles. The molecule has 4 rings (SSSR count). The summed E-state index contributed by atoms with van der Waals surface area (Å²) < 4.78 is 11.8. The predicted octanol–water partition coefficient (Wildman–Crippen LogP) is 5.44. The molecule has 1 N–H and O–H groups in total. The third-order valence-corrected chi connectivity index (χ3v) is 5.56. The molecule has 0 saturated carbocycles. The Bertz CT molecular complexity index is 1170. The highest BCUT2D eigenvalue weighted by atomic mass is 16.6. The molecule has 1 atom stereocenters. The molecule has 6 heteroatoms. The normalized spacial score (nSPS) is 17.4. The van der Waals surface area contributed by atoms with Crippen molar-refractivity contribution in [1.29, 1.82) is 0 Å². The number of fused-ring (bicyclic) bond motifs is 1. The zero-order valence-corrected chi connectivity index (χ0v) is 20.0. The number of hydrogen-bond donors (Lipinski definition) is 1. The monoisotopic (exact) mass is 458 g/mol. The summed E-state index contributed by atoms with van der Waals surface area (Å²) in [7, 11) is 0. The van der Waals surface area contributed by atoms with Crippen LogP contribution in [0.2, 0.25) is 0 Å². The number of para-hydroxylation sites is 1. The molecule has 2 amide bonds. The lowest BCUT2D eigenvalue weighted by atomic mass is 10.0. The molecule has 0 unspecified atom stereocenters. The number of ether oxygens (including phenoxy) is 2. The predicted molar refractivity (Wildman–Crippen MR) is 131 cm³/mol. The summed E-state index contributed by atoms with van der Waals surface area (Å²) in [6, 6.07) is 25.0. The Morgan fingerprint density at radius 2 is 1.56 bits per heavy atom. The van der Waals surface area contributed by atoms with Crippen LogP contribution in [0.15, 0.2) is 78.9 Å². The molecule has 0 fully saturated rings. The molecule has 1 aliphatic rings. The molecule has 3 aromatic rings. The Morgan fingerprint density at radius 3 is 2.24 bits per heavy atom. The van der Waals surface area contributed by atoms with Crippen LogP contribution in [0.3, 0.4) is 0 Å². The van der Waals surface area contributed by atoms with Crippen LogP contribution in [0.25, 0.3) is 0 Å². The maximum Gasteiger partial charge on any atom is 0.410 e. The molecule has 0 radical (unpaired) electrons. The highest BCUT2D eigenvalue weighted by Crippen LogP contribution is 2.42. The second-order valence-corrected chi connectivity index (χ2v) is 9.48. The van der Waals surface area contributed by atoms with E-state index in [2.05, 4.69) is 5.32 Å². The van der Waals surface area contributed by atoms with Gasteiger partial charge in [0.1, 0.15) is 5.60 Å². The third kappa shape index (κ3) is 4.97. The van der Waals surface area contributed by atoms with E-state index in [0.717, 1.165) is 16.7 Å². The minimum absolute atomic E-state index is 0.134. The minimum Gasteiger partial charge on any atom is -0.444 e. The van der Waals surface area contributed by atoms with Crippen LogP contribution in [-0.4, -0.2) is 17.6 Å². The van der Waals surface area contributed by atoms with Crippen molar-refractivity contribution >= 4 is 17.7 Å². The van der Waals surface area contributed by atoms with Crippen molar-refractivity contribution in [2.24, 2.45) is 0 Å². The van der Waals surface area contributed by atoms with Gasteiger partial charge in [0.2, 0.25) is 0 Å². The van der Waals surface area contributed by atoms with Gasteiger partial charge in [-0.3, -0.25) is 10.1 Å². The average molecular weight is 459 g/mol. The Kier molecular flexibility index (Phi) is 6.44. The largest absolute Gasteiger partial charge is 0.444 e. The highest BCUT2D eigenvalue weighted by molar-refractivity contribution is 6.08. The van der Waals surface area contributed by atoms with Crippen molar-refractivity contribution < 1.29 is 19.1 Å². The summed E-state index contributed by atoms with van der Waals surface area (Å²) in [5.74, 6) is -0.365. The molecule has 1 aliphatic heterocycles. The van der Waals surface area contributed by atoms with Gasteiger partial charge in [-0.05, 0) is 44.9 Å². The van der Waals surface area contributed by atoms with Gasteiger partial charge in [0.05, 0.1) is 18.8 Å². The van der Waals surface area contributed by atoms with E-state index in [-0.39, 0.29) is 12.5 Å². The van der Waals surface area contributed by atoms with Crippen LogP contribution >= 0.6 is 0 Å². The second-order valence-electron chi connectivity index (χ2n) is 9.48. The van der Waals surface area contributed by atoms with E-state index in [0.29, 0.717) is 17.8 Å². The summed E-state index contributed by atoms with van der Waals surface area (Å²) in [5, 5.41) is 2.78. The van der Waals surface area contributed by atoms with Crippen LogP contribution in [0.4, 0.5) is 10.5 Å². The number of anilines is 1. The summed E-state index contributed by atoms with van der Waals surface area (Å²) in [6.07, 6.45) is -0.721. The molecule has 176 valence electrons. The number of hydrogen-bond acceptors (Lipinski definition) is 4. The van der Waals surface area contributed by atoms with Gasteiger partial charge in [-0.2, -0.15) is 0 Å². The van der Waals surface area contributed by atoms with E-state index < -0.39 is 17.4 Å². The van der Waals surface area contributed by atoms with Crippen LogP contribution < -0.4 is 10.2 Å². The van der Waals surface area contributed by atoms with Crippen molar-refractivity contribution in [3.8, 4) is 0 Å². The minimum atomic E-state index is -1.71. The molecule has 0 spiro atoms. The van der Waals surface area contributed by atoms with Crippen LogP contribution in [0, 0.1) is 6.92 Å². The number of amides is 2. The van der Waals surface area contributed by atoms with E-state index in [1.54, 1.807) is 25.7 Å². The summed E-state index contributed by atoms with van der Waals surface area (Å²) in [5.41, 5.74) is 1.82. The second kappa shape index (κ2) is 9.31. The fourth-order valence-corrected chi connectivity index (χ4v) is 3.96. The molecule has 34 heavy (non-hydrogen) atoms. The van der Waals surface area contributed by atoms with Crippen molar-refractivity contribution in [1.82, 2.24) is 5.32 Å². The highest BCUT2D eigenvalue weighted by Gasteiger charge is 2.54. The lowest BCUT2D eigenvalue weighted by molar-refractivity contribution is -0.151. The Hall–Kier alpha value is -3.64. The molecule has 0 aromatic heterocycles. The maximum absolute atomic E-state index is 14.0. The van der Waals surface area contributed by atoms with Gasteiger partial charge in [-0.25, -0.2) is 4.79 Å².